The number of hydrogen-bond acceptors (Lipinski definition) is 4. The molecule has 2 unspecified atom stereocenters. The van der Waals surface area contributed by atoms with Crippen LogP contribution in [0.4, 0.5) is 0 Å². The van der Waals surface area contributed by atoms with Crippen molar-refractivity contribution < 1.29 is 8.42 Å². The monoisotopic (exact) mass is 292 g/mol. The normalized spacial score (nSPS) is 37.8. The number of piperidine rings is 3. The molecule has 1 aromatic carbocycles. The van der Waals surface area contributed by atoms with Gasteiger partial charge in [-0.15, -0.1) is 0 Å². The van der Waals surface area contributed by atoms with Crippen LogP contribution in [0.25, 0.3) is 0 Å². The molecule has 1 aromatic rings. The summed E-state index contributed by atoms with van der Waals surface area (Å²) in [5.74, 6) is 0.936. The number of nitrogens with zero attached hydrogens (tertiary/aromatic N) is 1. The van der Waals surface area contributed by atoms with Crippen molar-refractivity contribution in [3.63, 3.8) is 0 Å². The molecule has 2 bridgehead atoms. The van der Waals surface area contributed by atoms with Gasteiger partial charge in [-0.3, -0.25) is 0 Å². The van der Waals surface area contributed by atoms with Crippen LogP contribution in [0.15, 0.2) is 29.2 Å². The van der Waals surface area contributed by atoms with E-state index in [4.69, 9.17) is 0 Å². The molecule has 5 rings (SSSR count). The smallest absolute Gasteiger partial charge is 0.180 e. The van der Waals surface area contributed by atoms with E-state index < -0.39 is 9.84 Å². The summed E-state index contributed by atoms with van der Waals surface area (Å²) in [6, 6.07) is 7.87. The van der Waals surface area contributed by atoms with Crippen molar-refractivity contribution >= 4 is 9.84 Å². The van der Waals surface area contributed by atoms with E-state index in [0.29, 0.717) is 10.9 Å². The first-order valence-electron chi connectivity index (χ1n) is 7.43. The summed E-state index contributed by atoms with van der Waals surface area (Å²) in [6.07, 6.45) is 2.50. The van der Waals surface area contributed by atoms with Gasteiger partial charge in [-0.1, -0.05) is 18.2 Å². The highest BCUT2D eigenvalue weighted by molar-refractivity contribution is 7.91. The first kappa shape index (κ1) is 12.8. The highest BCUT2D eigenvalue weighted by Crippen LogP contribution is 2.35. The Labute approximate surface area is 120 Å². The van der Waals surface area contributed by atoms with Crippen molar-refractivity contribution in [2.24, 2.45) is 5.92 Å². The second kappa shape index (κ2) is 4.55. The lowest BCUT2D eigenvalue weighted by molar-refractivity contribution is 0.0683. The summed E-state index contributed by atoms with van der Waals surface area (Å²) in [6.45, 7) is 3.49. The van der Waals surface area contributed by atoms with Gasteiger partial charge in [0.15, 0.2) is 9.84 Å². The van der Waals surface area contributed by atoms with Crippen LogP contribution in [-0.4, -0.2) is 44.7 Å². The minimum atomic E-state index is -3.09. The molecular formula is C15H20N2O2S. The number of fused-ring (bicyclic) bond motifs is 4. The molecule has 4 nitrogen and oxygen atoms in total. The van der Waals surface area contributed by atoms with E-state index in [2.05, 4.69) is 10.2 Å². The van der Waals surface area contributed by atoms with Crippen LogP contribution in [-0.2, 0) is 9.84 Å². The van der Waals surface area contributed by atoms with Crippen molar-refractivity contribution in [2.45, 2.75) is 29.8 Å². The quantitative estimate of drug-likeness (QED) is 0.890. The second-order valence-electron chi connectivity index (χ2n) is 6.28. The van der Waals surface area contributed by atoms with Crippen LogP contribution < -0.4 is 5.32 Å². The molecule has 0 radical (unpaired) electrons. The van der Waals surface area contributed by atoms with E-state index in [9.17, 15) is 8.42 Å². The third-order valence-electron chi connectivity index (χ3n) is 5.09. The molecule has 0 aliphatic carbocycles. The lowest BCUT2D eigenvalue weighted by atomic mass is 9.83. The van der Waals surface area contributed by atoms with E-state index in [-0.39, 0.29) is 11.8 Å². The van der Waals surface area contributed by atoms with Crippen LogP contribution in [0.2, 0.25) is 0 Å². The molecule has 20 heavy (non-hydrogen) atoms. The van der Waals surface area contributed by atoms with Gasteiger partial charge in [0.05, 0.1) is 10.6 Å². The van der Waals surface area contributed by atoms with Gasteiger partial charge in [0.25, 0.3) is 0 Å². The molecular weight excluding hydrogens is 272 g/mol. The summed E-state index contributed by atoms with van der Waals surface area (Å²) in [5, 5.41) is 3.64. The first-order chi connectivity index (χ1) is 9.63. The Morgan fingerprint density at radius 3 is 2.60 bits per heavy atom. The molecule has 0 aromatic heterocycles. The van der Waals surface area contributed by atoms with Gasteiger partial charge in [0.1, 0.15) is 0 Å². The van der Waals surface area contributed by atoms with Gasteiger partial charge in [-0.25, -0.2) is 8.42 Å². The van der Waals surface area contributed by atoms with Crippen LogP contribution in [0, 0.1) is 5.92 Å². The van der Waals surface area contributed by atoms with Crippen molar-refractivity contribution in [1.82, 2.24) is 10.2 Å². The number of benzene rings is 1. The third kappa shape index (κ3) is 2.00. The zero-order chi connectivity index (χ0) is 13.7. The van der Waals surface area contributed by atoms with Crippen LogP contribution in [0.5, 0.6) is 0 Å². The number of sulfone groups is 1. The molecule has 3 fully saturated rings. The number of nitrogens with one attached hydrogen (secondary N) is 1. The Hall–Kier alpha value is -0.910. The number of hydrogen-bond donors (Lipinski definition) is 1. The molecule has 5 heteroatoms. The van der Waals surface area contributed by atoms with E-state index >= 15 is 0 Å². The minimum absolute atomic E-state index is 0.0262. The SMILES string of the molecule is O=S1(=O)CC(NC2CN3CCC2CC3)c2ccccc21. The zero-order valence-electron chi connectivity index (χ0n) is 11.5. The maximum absolute atomic E-state index is 12.2. The molecule has 2 atom stereocenters. The summed E-state index contributed by atoms with van der Waals surface area (Å²) < 4.78 is 24.4. The Morgan fingerprint density at radius 2 is 1.90 bits per heavy atom. The second-order valence-corrected chi connectivity index (χ2v) is 8.29. The Balaban J connectivity index is 1.59. The maximum Gasteiger partial charge on any atom is 0.180 e. The van der Waals surface area contributed by atoms with Crippen LogP contribution in [0.1, 0.15) is 24.4 Å². The molecule has 4 heterocycles. The van der Waals surface area contributed by atoms with E-state index in [1.54, 1.807) is 6.07 Å². The van der Waals surface area contributed by atoms with Crippen molar-refractivity contribution in [3.05, 3.63) is 29.8 Å². The molecule has 0 saturated carbocycles. The van der Waals surface area contributed by atoms with E-state index in [1.165, 1.54) is 25.9 Å². The summed E-state index contributed by atoms with van der Waals surface area (Å²) in [7, 11) is -3.09. The van der Waals surface area contributed by atoms with Crippen molar-refractivity contribution in [2.75, 3.05) is 25.4 Å². The molecule has 0 spiro atoms. The van der Waals surface area contributed by atoms with E-state index in [0.717, 1.165) is 18.0 Å². The van der Waals surface area contributed by atoms with E-state index in [1.807, 2.05) is 18.2 Å². The molecule has 1 N–H and O–H groups in total. The summed E-state index contributed by atoms with van der Waals surface area (Å²) >= 11 is 0. The van der Waals surface area contributed by atoms with Crippen LogP contribution >= 0.6 is 0 Å². The highest BCUT2D eigenvalue weighted by Gasteiger charge is 2.39. The summed E-state index contributed by atoms with van der Waals surface area (Å²) in [5.41, 5.74) is 0.962. The van der Waals surface area contributed by atoms with Gasteiger partial charge in [-0.05, 0) is 43.5 Å². The minimum Gasteiger partial charge on any atom is -0.305 e. The summed E-state index contributed by atoms with van der Waals surface area (Å²) in [4.78, 5) is 3.02. The molecule has 108 valence electrons. The van der Waals surface area contributed by atoms with Gasteiger partial charge in [0.2, 0.25) is 0 Å². The first-order valence-corrected chi connectivity index (χ1v) is 9.09. The standard InChI is InChI=1S/C15H20N2O2S/c18-20(19)10-14(12-3-1-2-4-15(12)20)16-13-9-17-7-5-11(13)6-8-17/h1-4,11,13-14,16H,5-10H2. The predicted octanol–water partition coefficient (Wildman–Crippen LogP) is 1.20. The van der Waals surface area contributed by atoms with Gasteiger partial charge in [0, 0.05) is 18.6 Å². The average molecular weight is 292 g/mol. The van der Waals surface area contributed by atoms with Crippen LogP contribution in [0.3, 0.4) is 0 Å². The largest absolute Gasteiger partial charge is 0.305 e. The van der Waals surface area contributed by atoms with Crippen molar-refractivity contribution in [3.8, 4) is 0 Å². The Kier molecular flexibility index (Phi) is 2.91. The topological polar surface area (TPSA) is 49.4 Å². The fourth-order valence-corrected chi connectivity index (χ4v) is 5.75. The fourth-order valence-electron chi connectivity index (χ4n) is 4.00. The highest BCUT2D eigenvalue weighted by atomic mass is 32.2. The van der Waals surface area contributed by atoms with Crippen molar-refractivity contribution in [1.29, 1.82) is 0 Å². The molecule has 0 amide bonds. The third-order valence-corrected chi connectivity index (χ3v) is 6.90. The average Bonchev–Trinajstić information content (AvgIpc) is 2.72. The maximum atomic E-state index is 12.2. The van der Waals surface area contributed by atoms with Gasteiger partial charge < -0.3 is 10.2 Å². The van der Waals surface area contributed by atoms with Gasteiger partial charge in [-0.2, -0.15) is 0 Å². The molecule has 3 saturated heterocycles. The molecule has 4 aliphatic rings. The Morgan fingerprint density at radius 1 is 1.15 bits per heavy atom. The Bertz CT molecular complexity index is 621. The zero-order valence-corrected chi connectivity index (χ0v) is 12.3. The lowest BCUT2D eigenvalue weighted by Gasteiger charge is -2.46. The number of rotatable bonds is 2. The molecule has 4 aliphatic heterocycles. The lowest BCUT2D eigenvalue weighted by Crippen LogP contribution is -2.56. The fraction of sp³-hybridized carbons (Fsp3) is 0.600. The van der Waals surface area contributed by atoms with Gasteiger partial charge >= 0.3 is 0 Å². The predicted molar refractivity (Wildman–Crippen MR) is 77.3 cm³/mol.